The molecule has 6 nitrogen and oxygen atoms in total. The Hall–Kier alpha value is -1.37. The highest BCUT2D eigenvalue weighted by Crippen LogP contribution is 2.14. The van der Waals surface area contributed by atoms with Crippen molar-refractivity contribution in [3.63, 3.8) is 0 Å². The number of nitrogens with zero attached hydrogens (tertiary/aromatic N) is 2. The van der Waals surface area contributed by atoms with E-state index < -0.39 is 0 Å². The minimum atomic E-state index is -0.374. The molecule has 1 aromatic rings. The van der Waals surface area contributed by atoms with Gasteiger partial charge < -0.3 is 11.1 Å². The van der Waals surface area contributed by atoms with Gasteiger partial charge >= 0.3 is 5.69 Å². The zero-order chi connectivity index (χ0) is 15.4. The fraction of sp³-hybridized carbons (Fsp3) is 0.692. The van der Waals surface area contributed by atoms with E-state index in [0.717, 1.165) is 4.57 Å². The van der Waals surface area contributed by atoms with E-state index in [-0.39, 0.29) is 23.0 Å². The number of aromatic nitrogens is 2. The molecule has 7 heteroatoms. The molecule has 0 saturated heterocycles. The first-order valence-electron chi connectivity index (χ1n) is 6.65. The quantitative estimate of drug-likeness (QED) is 0.817. The van der Waals surface area contributed by atoms with Crippen molar-refractivity contribution >= 4 is 23.3 Å². The van der Waals surface area contributed by atoms with Gasteiger partial charge in [-0.05, 0) is 12.2 Å². The summed E-state index contributed by atoms with van der Waals surface area (Å²) in [4.78, 5) is 24.3. The van der Waals surface area contributed by atoms with Crippen LogP contribution in [0.5, 0.6) is 0 Å². The van der Waals surface area contributed by atoms with Crippen LogP contribution in [0.3, 0.4) is 0 Å². The molecule has 0 amide bonds. The molecule has 0 aliphatic rings. The summed E-state index contributed by atoms with van der Waals surface area (Å²) < 4.78 is 2.56. The summed E-state index contributed by atoms with van der Waals surface area (Å²) in [7, 11) is 1.48. The predicted octanol–water partition coefficient (Wildman–Crippen LogP) is 0.949. The zero-order valence-corrected chi connectivity index (χ0v) is 13.6. The zero-order valence-electron chi connectivity index (χ0n) is 12.8. The lowest BCUT2D eigenvalue weighted by Gasteiger charge is -2.18. The highest BCUT2D eigenvalue weighted by Gasteiger charge is 2.16. The molecule has 0 aliphatic carbocycles. The first kappa shape index (κ1) is 16.7. The molecule has 0 spiro atoms. The number of rotatable bonds is 6. The van der Waals surface area contributed by atoms with E-state index >= 15 is 0 Å². The Morgan fingerprint density at radius 2 is 1.90 bits per heavy atom. The number of nitrogens with one attached hydrogen (secondary N) is 1. The molecular formula is C13H24N4O2S. The minimum Gasteiger partial charge on any atom is -0.383 e. The van der Waals surface area contributed by atoms with Gasteiger partial charge in [-0.2, -0.15) is 11.8 Å². The van der Waals surface area contributed by atoms with E-state index in [1.165, 1.54) is 11.6 Å². The highest BCUT2D eigenvalue weighted by atomic mass is 32.2. The first-order valence-corrected chi connectivity index (χ1v) is 7.94. The van der Waals surface area contributed by atoms with E-state index in [1.54, 1.807) is 11.8 Å². The Morgan fingerprint density at radius 3 is 2.40 bits per heavy atom. The fourth-order valence-corrected chi connectivity index (χ4v) is 2.07. The van der Waals surface area contributed by atoms with Crippen LogP contribution in [-0.4, -0.2) is 27.2 Å². The van der Waals surface area contributed by atoms with Crippen LogP contribution in [-0.2, 0) is 13.6 Å². The third kappa shape index (κ3) is 3.59. The number of hydrogen-bond acceptors (Lipinski definition) is 5. The van der Waals surface area contributed by atoms with E-state index in [9.17, 15) is 9.59 Å². The Labute approximate surface area is 123 Å². The van der Waals surface area contributed by atoms with Gasteiger partial charge in [-0.3, -0.25) is 13.9 Å². The summed E-state index contributed by atoms with van der Waals surface area (Å²) in [5.41, 5.74) is 5.58. The third-order valence-electron chi connectivity index (χ3n) is 3.10. The fourth-order valence-electron chi connectivity index (χ4n) is 1.82. The third-order valence-corrected chi connectivity index (χ3v) is 4.07. The minimum absolute atomic E-state index is 0.222. The standard InChI is InChI=1S/C13H24N4O2S/c1-8(2)7-17-11(14)10(15-6-9(3)20-5)12(18)16(4)13(17)19/h8-9,15H,6-7,14H2,1-5H3. The van der Waals surface area contributed by atoms with Crippen LogP contribution in [0.15, 0.2) is 9.59 Å². The monoisotopic (exact) mass is 300 g/mol. The van der Waals surface area contributed by atoms with Gasteiger partial charge in [-0.1, -0.05) is 20.8 Å². The Balaban J connectivity index is 3.27. The molecule has 20 heavy (non-hydrogen) atoms. The van der Waals surface area contributed by atoms with Gasteiger partial charge in [0, 0.05) is 25.4 Å². The van der Waals surface area contributed by atoms with Gasteiger partial charge in [0.15, 0.2) is 0 Å². The second-order valence-electron chi connectivity index (χ2n) is 5.34. The summed E-state index contributed by atoms with van der Waals surface area (Å²) in [5.74, 6) is 0.491. The second-order valence-corrected chi connectivity index (χ2v) is 6.61. The van der Waals surface area contributed by atoms with Gasteiger partial charge in [0.25, 0.3) is 5.56 Å². The van der Waals surface area contributed by atoms with Crippen molar-refractivity contribution in [1.29, 1.82) is 0 Å². The number of thioether (sulfide) groups is 1. The van der Waals surface area contributed by atoms with Crippen molar-refractivity contribution < 1.29 is 0 Å². The van der Waals surface area contributed by atoms with Gasteiger partial charge in [0.2, 0.25) is 0 Å². The predicted molar refractivity (Wildman–Crippen MR) is 86.7 cm³/mol. The van der Waals surface area contributed by atoms with Crippen LogP contribution >= 0.6 is 11.8 Å². The molecule has 0 aromatic carbocycles. The Kier molecular flexibility index (Phi) is 5.74. The molecule has 0 saturated carbocycles. The molecule has 3 N–H and O–H groups in total. The van der Waals surface area contributed by atoms with E-state index in [1.807, 2.05) is 20.1 Å². The maximum Gasteiger partial charge on any atom is 0.332 e. The number of hydrogen-bond donors (Lipinski definition) is 2. The van der Waals surface area contributed by atoms with Crippen molar-refractivity contribution in [3.8, 4) is 0 Å². The number of anilines is 2. The molecule has 1 rings (SSSR count). The van der Waals surface area contributed by atoms with Gasteiger partial charge in [0.05, 0.1) is 0 Å². The number of nitrogen functional groups attached to an aromatic ring is 1. The van der Waals surface area contributed by atoms with E-state index in [0.29, 0.717) is 24.0 Å². The maximum absolute atomic E-state index is 12.1. The summed E-state index contributed by atoms with van der Waals surface area (Å²) in [6.07, 6.45) is 2.01. The van der Waals surface area contributed by atoms with Crippen LogP contribution in [0.2, 0.25) is 0 Å². The molecule has 0 bridgehead atoms. The van der Waals surface area contributed by atoms with E-state index in [4.69, 9.17) is 5.73 Å². The molecule has 0 radical (unpaired) electrons. The molecule has 1 heterocycles. The van der Waals surface area contributed by atoms with Crippen molar-refractivity contribution in [1.82, 2.24) is 9.13 Å². The molecule has 1 unspecified atom stereocenters. The topological polar surface area (TPSA) is 82.0 Å². The van der Waals surface area contributed by atoms with Gasteiger partial charge in [-0.15, -0.1) is 0 Å². The lowest BCUT2D eigenvalue weighted by Crippen LogP contribution is -2.41. The molecule has 114 valence electrons. The molecule has 1 aromatic heterocycles. The molecular weight excluding hydrogens is 276 g/mol. The summed E-state index contributed by atoms with van der Waals surface area (Å²) in [6.45, 7) is 7.17. The van der Waals surface area contributed by atoms with Crippen LogP contribution in [0.25, 0.3) is 0 Å². The van der Waals surface area contributed by atoms with Crippen LogP contribution < -0.4 is 22.3 Å². The van der Waals surface area contributed by atoms with Gasteiger partial charge in [-0.25, -0.2) is 4.79 Å². The van der Waals surface area contributed by atoms with E-state index in [2.05, 4.69) is 12.2 Å². The summed E-state index contributed by atoms with van der Waals surface area (Å²) >= 11 is 1.70. The maximum atomic E-state index is 12.1. The normalized spacial score (nSPS) is 12.7. The Morgan fingerprint density at radius 1 is 1.30 bits per heavy atom. The smallest absolute Gasteiger partial charge is 0.332 e. The SMILES string of the molecule is CSC(C)CNc1c(N)n(CC(C)C)c(=O)n(C)c1=O. The van der Waals surface area contributed by atoms with Crippen molar-refractivity contribution in [3.05, 3.63) is 20.8 Å². The van der Waals surface area contributed by atoms with Gasteiger partial charge in [0.1, 0.15) is 11.5 Å². The van der Waals surface area contributed by atoms with Crippen LogP contribution in [0.1, 0.15) is 20.8 Å². The molecule has 0 aliphatic heterocycles. The second kappa shape index (κ2) is 6.88. The summed E-state index contributed by atoms with van der Waals surface area (Å²) in [6, 6.07) is 0. The largest absolute Gasteiger partial charge is 0.383 e. The van der Waals surface area contributed by atoms with Crippen molar-refractivity contribution in [2.75, 3.05) is 23.9 Å². The first-order chi connectivity index (χ1) is 9.29. The lowest BCUT2D eigenvalue weighted by molar-refractivity contribution is 0.494. The molecule has 0 fully saturated rings. The Bertz CT molecular complexity index is 577. The lowest BCUT2D eigenvalue weighted by atomic mass is 10.2. The summed E-state index contributed by atoms with van der Waals surface area (Å²) in [5, 5.41) is 3.43. The van der Waals surface area contributed by atoms with Crippen molar-refractivity contribution in [2.45, 2.75) is 32.6 Å². The van der Waals surface area contributed by atoms with Crippen LogP contribution in [0, 0.1) is 5.92 Å². The van der Waals surface area contributed by atoms with Crippen LogP contribution in [0.4, 0.5) is 11.5 Å². The van der Waals surface area contributed by atoms with Crippen molar-refractivity contribution in [2.24, 2.45) is 13.0 Å². The highest BCUT2D eigenvalue weighted by molar-refractivity contribution is 7.99. The average molecular weight is 300 g/mol. The molecule has 1 atom stereocenters. The number of nitrogens with two attached hydrogens (primary N) is 1. The average Bonchev–Trinajstić information content (AvgIpc) is 2.40.